The number of hydrogen-bond acceptors (Lipinski definition) is 6. The van der Waals surface area contributed by atoms with E-state index < -0.39 is 0 Å². The zero-order chi connectivity index (χ0) is 22.5. The lowest BCUT2D eigenvalue weighted by Gasteiger charge is -2.22. The highest BCUT2D eigenvalue weighted by atomic mass is 16.5. The van der Waals surface area contributed by atoms with Crippen molar-refractivity contribution in [2.24, 2.45) is 0 Å². The van der Waals surface area contributed by atoms with Gasteiger partial charge >= 0.3 is 0 Å². The highest BCUT2D eigenvalue weighted by Gasteiger charge is 2.16. The van der Waals surface area contributed by atoms with E-state index in [0.717, 1.165) is 39.0 Å². The standard InChI is InChI=1S/C24H28N6O2/c1-17-11-18(2)21-13-20(24(31)25-22(21)12-17)15-29(14-19-7-5-4-6-8-19)16-23-26-27-28-30(23)9-10-32-3/h4-8,11-13H,9-10,14-16H2,1-3H3,(H,25,31). The Morgan fingerprint density at radius 3 is 2.66 bits per heavy atom. The summed E-state index contributed by atoms with van der Waals surface area (Å²) < 4.78 is 6.92. The Bertz CT molecular complexity index is 1250. The third kappa shape index (κ3) is 5.09. The summed E-state index contributed by atoms with van der Waals surface area (Å²) in [5.41, 5.74) is 4.96. The molecule has 0 aliphatic carbocycles. The van der Waals surface area contributed by atoms with Gasteiger partial charge < -0.3 is 9.72 Å². The molecule has 0 unspecified atom stereocenters. The van der Waals surface area contributed by atoms with Crippen LogP contribution in [0.3, 0.4) is 0 Å². The minimum atomic E-state index is -0.0699. The number of ether oxygens (including phenoxy) is 1. The molecule has 0 spiro atoms. The first kappa shape index (κ1) is 21.9. The molecule has 8 heteroatoms. The molecule has 0 amide bonds. The van der Waals surface area contributed by atoms with Gasteiger partial charge in [-0.2, -0.15) is 0 Å². The van der Waals surface area contributed by atoms with E-state index in [2.05, 4.69) is 50.5 Å². The number of hydrogen-bond donors (Lipinski definition) is 1. The van der Waals surface area contributed by atoms with Crippen molar-refractivity contribution in [3.63, 3.8) is 0 Å². The van der Waals surface area contributed by atoms with Crippen LogP contribution in [0.15, 0.2) is 53.3 Å². The van der Waals surface area contributed by atoms with Crippen molar-refractivity contribution in [2.45, 2.75) is 40.0 Å². The molecule has 4 aromatic rings. The van der Waals surface area contributed by atoms with Crippen LogP contribution >= 0.6 is 0 Å². The average Bonchev–Trinajstić information content (AvgIpc) is 3.20. The monoisotopic (exact) mass is 432 g/mol. The second-order valence-electron chi connectivity index (χ2n) is 8.11. The number of tetrazole rings is 1. The van der Waals surface area contributed by atoms with Crippen molar-refractivity contribution in [1.82, 2.24) is 30.1 Å². The van der Waals surface area contributed by atoms with Gasteiger partial charge in [0, 0.05) is 36.7 Å². The first-order valence-electron chi connectivity index (χ1n) is 10.7. The molecule has 0 saturated heterocycles. The minimum Gasteiger partial charge on any atom is -0.383 e. The summed E-state index contributed by atoms with van der Waals surface area (Å²) in [4.78, 5) is 18.2. The van der Waals surface area contributed by atoms with Crippen molar-refractivity contribution in [3.05, 3.63) is 87.0 Å². The molecular formula is C24H28N6O2. The van der Waals surface area contributed by atoms with Crippen LogP contribution in [0.2, 0.25) is 0 Å². The molecule has 2 heterocycles. The van der Waals surface area contributed by atoms with E-state index in [-0.39, 0.29) is 5.56 Å². The Kier molecular flexibility index (Phi) is 6.72. The summed E-state index contributed by atoms with van der Waals surface area (Å²) in [6, 6.07) is 16.4. The van der Waals surface area contributed by atoms with Crippen LogP contribution in [0.1, 0.15) is 28.1 Å². The van der Waals surface area contributed by atoms with Crippen molar-refractivity contribution in [3.8, 4) is 0 Å². The van der Waals surface area contributed by atoms with E-state index in [4.69, 9.17) is 4.74 Å². The minimum absolute atomic E-state index is 0.0699. The van der Waals surface area contributed by atoms with Crippen LogP contribution in [0.4, 0.5) is 0 Å². The summed E-state index contributed by atoms with van der Waals surface area (Å²) in [6.07, 6.45) is 0. The number of methoxy groups -OCH3 is 1. The van der Waals surface area contributed by atoms with E-state index in [0.29, 0.717) is 32.8 Å². The van der Waals surface area contributed by atoms with Crippen molar-refractivity contribution in [1.29, 1.82) is 0 Å². The Morgan fingerprint density at radius 1 is 1.06 bits per heavy atom. The summed E-state index contributed by atoms with van der Waals surface area (Å²) in [5.74, 6) is 0.738. The normalized spacial score (nSPS) is 11.5. The molecule has 166 valence electrons. The molecule has 0 aliphatic rings. The fourth-order valence-corrected chi connectivity index (χ4v) is 3.97. The maximum Gasteiger partial charge on any atom is 0.252 e. The van der Waals surface area contributed by atoms with Gasteiger partial charge in [0.2, 0.25) is 0 Å². The van der Waals surface area contributed by atoms with Crippen LogP contribution in [0.25, 0.3) is 10.9 Å². The number of aryl methyl sites for hydroxylation is 2. The highest BCUT2D eigenvalue weighted by molar-refractivity contribution is 5.83. The van der Waals surface area contributed by atoms with Gasteiger partial charge in [-0.05, 0) is 53.1 Å². The van der Waals surface area contributed by atoms with E-state index in [9.17, 15) is 4.79 Å². The summed E-state index contributed by atoms with van der Waals surface area (Å²) in [5, 5.41) is 13.2. The quantitative estimate of drug-likeness (QED) is 0.437. The zero-order valence-corrected chi connectivity index (χ0v) is 18.7. The molecular weight excluding hydrogens is 404 g/mol. The fraction of sp³-hybridized carbons (Fsp3) is 0.333. The number of rotatable bonds is 9. The predicted molar refractivity (Wildman–Crippen MR) is 123 cm³/mol. The molecule has 0 radical (unpaired) electrons. The van der Waals surface area contributed by atoms with E-state index in [1.54, 1.807) is 11.8 Å². The number of benzene rings is 2. The van der Waals surface area contributed by atoms with Gasteiger partial charge in [0.05, 0.1) is 19.7 Å². The second kappa shape index (κ2) is 9.84. The second-order valence-corrected chi connectivity index (χ2v) is 8.11. The van der Waals surface area contributed by atoms with Gasteiger partial charge in [-0.1, -0.05) is 36.4 Å². The molecule has 0 aliphatic heterocycles. The molecule has 0 fully saturated rings. The third-order valence-corrected chi connectivity index (χ3v) is 5.51. The number of aromatic nitrogens is 5. The number of aromatic amines is 1. The Morgan fingerprint density at radius 2 is 1.88 bits per heavy atom. The van der Waals surface area contributed by atoms with Gasteiger partial charge in [0.1, 0.15) is 0 Å². The Labute approximate surface area is 186 Å². The van der Waals surface area contributed by atoms with Crippen LogP contribution in [-0.4, -0.2) is 43.8 Å². The zero-order valence-electron chi connectivity index (χ0n) is 18.7. The lowest BCUT2D eigenvalue weighted by Crippen LogP contribution is -2.28. The number of fused-ring (bicyclic) bond motifs is 1. The molecule has 32 heavy (non-hydrogen) atoms. The van der Waals surface area contributed by atoms with Gasteiger partial charge in [-0.3, -0.25) is 9.69 Å². The molecule has 1 N–H and O–H groups in total. The van der Waals surface area contributed by atoms with E-state index in [1.807, 2.05) is 37.3 Å². The summed E-state index contributed by atoms with van der Waals surface area (Å²) in [7, 11) is 1.65. The SMILES string of the molecule is COCCn1nnnc1CN(Cc1ccccc1)Cc1cc2c(C)cc(C)cc2[nH]c1=O. The molecule has 2 aromatic carbocycles. The highest BCUT2D eigenvalue weighted by Crippen LogP contribution is 2.20. The third-order valence-electron chi connectivity index (χ3n) is 5.51. The largest absolute Gasteiger partial charge is 0.383 e. The predicted octanol–water partition coefficient (Wildman–Crippen LogP) is 2.98. The van der Waals surface area contributed by atoms with Gasteiger partial charge in [0.15, 0.2) is 5.82 Å². The van der Waals surface area contributed by atoms with E-state index >= 15 is 0 Å². The summed E-state index contributed by atoms with van der Waals surface area (Å²) >= 11 is 0. The van der Waals surface area contributed by atoms with Gasteiger partial charge in [-0.15, -0.1) is 5.10 Å². The topological polar surface area (TPSA) is 88.9 Å². The number of H-pyrrole nitrogens is 1. The van der Waals surface area contributed by atoms with Crippen LogP contribution in [-0.2, 0) is 30.9 Å². The Balaban J connectivity index is 1.65. The van der Waals surface area contributed by atoms with Crippen molar-refractivity contribution in [2.75, 3.05) is 13.7 Å². The maximum absolute atomic E-state index is 12.9. The summed E-state index contributed by atoms with van der Waals surface area (Å²) in [6.45, 7) is 6.87. The van der Waals surface area contributed by atoms with Crippen LogP contribution in [0, 0.1) is 13.8 Å². The van der Waals surface area contributed by atoms with E-state index in [1.165, 1.54) is 0 Å². The Hall–Kier alpha value is -3.36. The molecule has 0 atom stereocenters. The lowest BCUT2D eigenvalue weighted by atomic mass is 10.0. The van der Waals surface area contributed by atoms with Gasteiger partial charge in [-0.25, -0.2) is 4.68 Å². The van der Waals surface area contributed by atoms with Crippen LogP contribution in [0.5, 0.6) is 0 Å². The fourth-order valence-electron chi connectivity index (χ4n) is 3.97. The first-order valence-corrected chi connectivity index (χ1v) is 10.7. The van der Waals surface area contributed by atoms with Gasteiger partial charge in [0.25, 0.3) is 5.56 Å². The van der Waals surface area contributed by atoms with Crippen molar-refractivity contribution >= 4 is 10.9 Å². The molecule has 0 bridgehead atoms. The smallest absolute Gasteiger partial charge is 0.252 e. The average molecular weight is 433 g/mol. The lowest BCUT2D eigenvalue weighted by molar-refractivity contribution is 0.177. The number of pyridine rings is 1. The molecule has 8 nitrogen and oxygen atoms in total. The van der Waals surface area contributed by atoms with Crippen LogP contribution < -0.4 is 5.56 Å². The molecule has 0 saturated carbocycles. The number of nitrogens with zero attached hydrogens (tertiary/aromatic N) is 5. The first-order chi connectivity index (χ1) is 15.5. The molecule has 2 aromatic heterocycles. The number of nitrogens with one attached hydrogen (secondary N) is 1. The maximum atomic E-state index is 12.9. The molecule has 4 rings (SSSR count). The van der Waals surface area contributed by atoms with Crippen molar-refractivity contribution < 1.29 is 4.74 Å².